The van der Waals surface area contributed by atoms with Gasteiger partial charge in [-0.1, -0.05) is 12.1 Å². The van der Waals surface area contributed by atoms with Crippen LogP contribution in [0.5, 0.6) is 0 Å². The van der Waals surface area contributed by atoms with Crippen molar-refractivity contribution in [3.8, 4) is 0 Å². The third-order valence-corrected chi connectivity index (χ3v) is 4.82. The van der Waals surface area contributed by atoms with Crippen LogP contribution >= 0.6 is 22.6 Å². The Bertz CT molecular complexity index is 766. The molecule has 2 rings (SSSR count). The van der Waals surface area contributed by atoms with E-state index >= 15 is 0 Å². The summed E-state index contributed by atoms with van der Waals surface area (Å²) in [4.78, 5) is -0.698. The molecular formula is C12H9F2IN2O2S. The second kappa shape index (κ2) is 5.52. The number of nitrogen functional groups attached to an aromatic ring is 1. The zero-order valence-corrected chi connectivity index (χ0v) is 12.9. The highest BCUT2D eigenvalue weighted by atomic mass is 127. The molecule has 106 valence electrons. The molecule has 0 saturated heterocycles. The van der Waals surface area contributed by atoms with E-state index < -0.39 is 32.2 Å². The van der Waals surface area contributed by atoms with Crippen LogP contribution in [0.1, 0.15) is 0 Å². The van der Waals surface area contributed by atoms with Crippen molar-refractivity contribution >= 4 is 44.0 Å². The van der Waals surface area contributed by atoms with E-state index in [-0.39, 0.29) is 0 Å². The zero-order valence-electron chi connectivity index (χ0n) is 9.90. The summed E-state index contributed by atoms with van der Waals surface area (Å²) in [6, 6.07) is 8.23. The van der Waals surface area contributed by atoms with E-state index in [2.05, 4.69) is 4.72 Å². The largest absolute Gasteiger partial charge is 0.394 e. The summed E-state index contributed by atoms with van der Waals surface area (Å²) in [7, 11) is -4.18. The monoisotopic (exact) mass is 410 g/mol. The number of nitrogens with one attached hydrogen (secondary N) is 1. The number of para-hydroxylation sites is 1. The van der Waals surface area contributed by atoms with Gasteiger partial charge in [-0.3, -0.25) is 4.72 Å². The van der Waals surface area contributed by atoms with Gasteiger partial charge in [0, 0.05) is 3.57 Å². The average molecular weight is 410 g/mol. The van der Waals surface area contributed by atoms with Gasteiger partial charge in [0.25, 0.3) is 10.0 Å². The first-order valence-corrected chi connectivity index (χ1v) is 7.90. The van der Waals surface area contributed by atoms with Gasteiger partial charge in [-0.05, 0) is 46.9 Å². The molecule has 0 unspecified atom stereocenters. The molecule has 4 nitrogen and oxygen atoms in total. The molecule has 2 aromatic rings. The Morgan fingerprint density at radius 2 is 1.75 bits per heavy atom. The Hall–Kier alpha value is -1.42. The third-order valence-electron chi connectivity index (χ3n) is 2.50. The fraction of sp³-hybridized carbons (Fsp3) is 0. The van der Waals surface area contributed by atoms with E-state index in [0.29, 0.717) is 9.26 Å². The second-order valence-electron chi connectivity index (χ2n) is 3.86. The molecule has 0 atom stereocenters. The predicted molar refractivity (Wildman–Crippen MR) is 80.7 cm³/mol. The molecule has 0 spiro atoms. The van der Waals surface area contributed by atoms with Crippen molar-refractivity contribution in [3.63, 3.8) is 0 Å². The Balaban J connectivity index is 2.47. The molecule has 0 aliphatic rings. The lowest BCUT2D eigenvalue weighted by molar-refractivity contribution is 0.557. The summed E-state index contributed by atoms with van der Waals surface area (Å²) >= 11 is 1.94. The topological polar surface area (TPSA) is 72.2 Å². The van der Waals surface area contributed by atoms with E-state index in [0.717, 1.165) is 12.1 Å². The summed E-state index contributed by atoms with van der Waals surface area (Å²) in [5.74, 6) is -2.31. The van der Waals surface area contributed by atoms with Crippen LogP contribution in [0.2, 0.25) is 0 Å². The molecule has 0 amide bonds. The number of hydrogen-bond acceptors (Lipinski definition) is 3. The fourth-order valence-electron chi connectivity index (χ4n) is 1.50. The molecule has 2 aromatic carbocycles. The van der Waals surface area contributed by atoms with Crippen LogP contribution in [0.25, 0.3) is 0 Å². The molecule has 0 aliphatic heterocycles. The molecule has 0 radical (unpaired) electrons. The Morgan fingerprint density at radius 3 is 2.40 bits per heavy atom. The molecule has 0 aliphatic carbocycles. The van der Waals surface area contributed by atoms with E-state index in [1.807, 2.05) is 22.6 Å². The third kappa shape index (κ3) is 2.85. The van der Waals surface area contributed by atoms with E-state index in [9.17, 15) is 17.2 Å². The highest BCUT2D eigenvalue weighted by molar-refractivity contribution is 14.1. The molecule has 0 aromatic heterocycles. The predicted octanol–water partition coefficient (Wildman–Crippen LogP) is 2.95. The minimum Gasteiger partial charge on any atom is -0.394 e. The molecule has 0 heterocycles. The SMILES string of the molecule is Nc1c(F)ccc(S(=O)(=O)Nc2ccccc2I)c1F. The lowest BCUT2D eigenvalue weighted by Crippen LogP contribution is -2.16. The van der Waals surface area contributed by atoms with Gasteiger partial charge in [0.05, 0.1) is 5.69 Å². The molecule has 0 fully saturated rings. The smallest absolute Gasteiger partial charge is 0.264 e. The summed E-state index contributed by atoms with van der Waals surface area (Å²) in [5, 5.41) is 0. The Labute approximate surface area is 128 Å². The Morgan fingerprint density at radius 1 is 1.10 bits per heavy atom. The van der Waals surface area contributed by atoms with Crippen LogP contribution in [-0.2, 0) is 10.0 Å². The van der Waals surface area contributed by atoms with E-state index in [1.165, 1.54) is 6.07 Å². The van der Waals surface area contributed by atoms with Crippen molar-refractivity contribution in [1.29, 1.82) is 0 Å². The van der Waals surface area contributed by atoms with Gasteiger partial charge in [-0.2, -0.15) is 0 Å². The maximum Gasteiger partial charge on any atom is 0.264 e. The molecule has 0 saturated carbocycles. The number of rotatable bonds is 3. The maximum absolute atomic E-state index is 13.8. The van der Waals surface area contributed by atoms with Crippen molar-refractivity contribution < 1.29 is 17.2 Å². The van der Waals surface area contributed by atoms with Crippen molar-refractivity contribution in [3.05, 3.63) is 51.6 Å². The minimum atomic E-state index is -4.18. The van der Waals surface area contributed by atoms with Crippen LogP contribution < -0.4 is 10.5 Å². The molecule has 3 N–H and O–H groups in total. The molecule has 20 heavy (non-hydrogen) atoms. The lowest BCUT2D eigenvalue weighted by Gasteiger charge is -2.11. The van der Waals surface area contributed by atoms with Crippen LogP contribution in [0.3, 0.4) is 0 Å². The average Bonchev–Trinajstić information content (AvgIpc) is 2.38. The summed E-state index contributed by atoms with van der Waals surface area (Å²) in [6.07, 6.45) is 0. The van der Waals surface area contributed by atoms with Gasteiger partial charge in [0.2, 0.25) is 0 Å². The quantitative estimate of drug-likeness (QED) is 0.604. The van der Waals surface area contributed by atoms with Gasteiger partial charge in [-0.15, -0.1) is 0 Å². The van der Waals surface area contributed by atoms with Gasteiger partial charge in [-0.25, -0.2) is 17.2 Å². The number of nitrogens with two attached hydrogens (primary N) is 1. The highest BCUT2D eigenvalue weighted by Gasteiger charge is 2.23. The standard InChI is InChI=1S/C12H9F2IN2O2S/c13-7-5-6-10(11(14)12(7)16)20(18,19)17-9-4-2-1-3-8(9)15/h1-6,17H,16H2. The molecule has 0 bridgehead atoms. The minimum absolute atomic E-state index is 0.301. The van der Waals surface area contributed by atoms with E-state index in [1.54, 1.807) is 18.2 Å². The first-order valence-electron chi connectivity index (χ1n) is 5.34. The lowest BCUT2D eigenvalue weighted by atomic mass is 10.3. The Kier molecular flexibility index (Phi) is 4.14. The van der Waals surface area contributed by atoms with Crippen LogP contribution in [0, 0.1) is 15.2 Å². The van der Waals surface area contributed by atoms with Crippen molar-refractivity contribution in [2.75, 3.05) is 10.5 Å². The van der Waals surface area contributed by atoms with Crippen molar-refractivity contribution in [2.24, 2.45) is 0 Å². The van der Waals surface area contributed by atoms with Gasteiger partial charge in [0.15, 0.2) is 5.82 Å². The highest BCUT2D eigenvalue weighted by Crippen LogP contribution is 2.26. The van der Waals surface area contributed by atoms with Gasteiger partial charge >= 0.3 is 0 Å². The number of halogens is 3. The van der Waals surface area contributed by atoms with Crippen LogP contribution in [0.4, 0.5) is 20.2 Å². The van der Waals surface area contributed by atoms with Gasteiger partial charge in [0.1, 0.15) is 16.4 Å². The van der Waals surface area contributed by atoms with Crippen molar-refractivity contribution in [1.82, 2.24) is 0 Å². The molecule has 8 heteroatoms. The maximum atomic E-state index is 13.8. The van der Waals surface area contributed by atoms with Crippen LogP contribution in [0.15, 0.2) is 41.3 Å². The van der Waals surface area contributed by atoms with Crippen LogP contribution in [-0.4, -0.2) is 8.42 Å². The summed E-state index contributed by atoms with van der Waals surface area (Å²) in [5.41, 5.74) is 4.64. The molecular weight excluding hydrogens is 401 g/mol. The summed E-state index contributed by atoms with van der Waals surface area (Å²) < 4.78 is 53.9. The zero-order chi connectivity index (χ0) is 14.9. The normalized spacial score (nSPS) is 11.3. The van der Waals surface area contributed by atoms with Gasteiger partial charge < -0.3 is 5.73 Å². The first kappa shape index (κ1) is 15.0. The number of benzene rings is 2. The number of sulfonamides is 1. The second-order valence-corrected chi connectivity index (χ2v) is 6.67. The van der Waals surface area contributed by atoms with Crippen molar-refractivity contribution in [2.45, 2.75) is 4.90 Å². The summed E-state index contributed by atoms with van der Waals surface area (Å²) in [6.45, 7) is 0. The first-order chi connectivity index (χ1) is 9.33. The number of hydrogen-bond donors (Lipinski definition) is 2. The van der Waals surface area contributed by atoms with E-state index in [4.69, 9.17) is 5.73 Å². The number of anilines is 2. The fourth-order valence-corrected chi connectivity index (χ4v) is 3.38.